The summed E-state index contributed by atoms with van der Waals surface area (Å²) >= 11 is 16.6. The third-order valence-corrected chi connectivity index (χ3v) is 4.64. The molecule has 0 spiro atoms. The van der Waals surface area contributed by atoms with Crippen LogP contribution in [0.15, 0.2) is 16.7 Å². The van der Waals surface area contributed by atoms with Crippen molar-refractivity contribution in [1.29, 1.82) is 0 Å². The molecule has 2 aromatic heterocycles. The predicted molar refractivity (Wildman–Crippen MR) is 78.7 cm³/mol. The Morgan fingerprint density at radius 3 is 2.61 bits per heavy atom. The van der Waals surface area contributed by atoms with E-state index in [1.807, 2.05) is 13.8 Å². The molecular formula is C11H11BrCl2N2OS. The highest BCUT2D eigenvalue weighted by Gasteiger charge is 2.24. The van der Waals surface area contributed by atoms with Crippen molar-refractivity contribution >= 4 is 50.5 Å². The van der Waals surface area contributed by atoms with E-state index < -0.39 is 6.10 Å². The molecule has 1 N–H and O–H groups in total. The van der Waals surface area contributed by atoms with E-state index in [2.05, 4.69) is 21.0 Å². The van der Waals surface area contributed by atoms with Gasteiger partial charge in [0.05, 0.1) is 20.7 Å². The van der Waals surface area contributed by atoms with Gasteiger partial charge in [0.1, 0.15) is 10.4 Å². The Labute approximate surface area is 127 Å². The van der Waals surface area contributed by atoms with Crippen molar-refractivity contribution in [3.05, 3.63) is 36.7 Å². The molecule has 1 unspecified atom stereocenters. The molecule has 18 heavy (non-hydrogen) atoms. The monoisotopic (exact) mass is 368 g/mol. The molecule has 0 aliphatic heterocycles. The Morgan fingerprint density at radius 2 is 2.11 bits per heavy atom. The molecule has 0 radical (unpaired) electrons. The van der Waals surface area contributed by atoms with Gasteiger partial charge in [0.2, 0.25) is 0 Å². The second kappa shape index (κ2) is 5.51. The van der Waals surface area contributed by atoms with E-state index in [0.29, 0.717) is 19.9 Å². The highest BCUT2D eigenvalue weighted by atomic mass is 79.9. The third-order valence-electron chi connectivity index (χ3n) is 2.51. The minimum Gasteiger partial charge on any atom is -0.382 e. The van der Waals surface area contributed by atoms with Gasteiger partial charge in [-0.3, -0.25) is 4.68 Å². The summed E-state index contributed by atoms with van der Waals surface area (Å²) in [6, 6.07) is 1.83. The lowest BCUT2D eigenvalue weighted by molar-refractivity contribution is 0.205. The molecule has 0 saturated carbocycles. The van der Waals surface area contributed by atoms with Crippen LogP contribution in [0.4, 0.5) is 0 Å². The van der Waals surface area contributed by atoms with Crippen LogP contribution < -0.4 is 0 Å². The zero-order valence-corrected chi connectivity index (χ0v) is 13.6. The second-order valence-electron chi connectivity index (χ2n) is 4.10. The fourth-order valence-electron chi connectivity index (χ4n) is 1.70. The topological polar surface area (TPSA) is 38.0 Å². The maximum atomic E-state index is 10.5. The van der Waals surface area contributed by atoms with Crippen molar-refractivity contribution in [2.45, 2.75) is 26.0 Å². The van der Waals surface area contributed by atoms with Crippen molar-refractivity contribution in [2.24, 2.45) is 0 Å². The van der Waals surface area contributed by atoms with Gasteiger partial charge in [-0.2, -0.15) is 5.10 Å². The first-order chi connectivity index (χ1) is 8.41. The lowest BCUT2D eigenvalue weighted by atomic mass is 10.1. The summed E-state index contributed by atoms with van der Waals surface area (Å²) in [7, 11) is 0. The number of aromatic nitrogens is 2. The van der Waals surface area contributed by atoms with Gasteiger partial charge in [0, 0.05) is 11.6 Å². The average molecular weight is 370 g/mol. The average Bonchev–Trinajstić information content (AvgIpc) is 2.81. The van der Waals surface area contributed by atoms with E-state index >= 15 is 0 Å². The van der Waals surface area contributed by atoms with Gasteiger partial charge < -0.3 is 5.11 Å². The van der Waals surface area contributed by atoms with E-state index in [9.17, 15) is 5.11 Å². The molecule has 0 saturated heterocycles. The molecule has 0 aromatic carbocycles. The van der Waals surface area contributed by atoms with Crippen molar-refractivity contribution < 1.29 is 5.11 Å². The van der Waals surface area contributed by atoms with Crippen molar-refractivity contribution in [2.75, 3.05) is 0 Å². The van der Waals surface area contributed by atoms with Crippen LogP contribution in [-0.4, -0.2) is 14.9 Å². The number of aliphatic hydroxyl groups is 1. The van der Waals surface area contributed by atoms with E-state index in [0.717, 1.165) is 4.47 Å². The third kappa shape index (κ3) is 2.60. The number of nitrogens with zero attached hydrogens (tertiary/aromatic N) is 2. The summed E-state index contributed by atoms with van der Waals surface area (Å²) in [5.41, 5.74) is 1.29. The molecule has 0 aliphatic rings. The number of rotatable bonds is 3. The molecule has 2 heterocycles. The van der Waals surface area contributed by atoms with Gasteiger partial charge in [0.25, 0.3) is 0 Å². The molecule has 0 amide bonds. The van der Waals surface area contributed by atoms with Crippen LogP contribution in [0.2, 0.25) is 8.67 Å². The number of thiophene rings is 1. The number of halogens is 3. The highest BCUT2D eigenvalue weighted by molar-refractivity contribution is 9.10. The van der Waals surface area contributed by atoms with E-state index in [1.165, 1.54) is 11.3 Å². The highest BCUT2D eigenvalue weighted by Crippen LogP contribution is 2.39. The van der Waals surface area contributed by atoms with Crippen LogP contribution in [-0.2, 0) is 0 Å². The van der Waals surface area contributed by atoms with Gasteiger partial charge in [-0.15, -0.1) is 11.3 Å². The van der Waals surface area contributed by atoms with Gasteiger partial charge in [-0.1, -0.05) is 23.2 Å². The van der Waals surface area contributed by atoms with Crippen LogP contribution in [0.5, 0.6) is 0 Å². The molecule has 2 rings (SSSR count). The van der Waals surface area contributed by atoms with Crippen LogP contribution in [0.25, 0.3) is 0 Å². The lowest BCUT2D eigenvalue weighted by Gasteiger charge is -2.16. The first kappa shape index (κ1) is 14.3. The molecule has 0 bridgehead atoms. The smallest absolute Gasteiger partial charge is 0.124 e. The number of hydrogen-bond donors (Lipinski definition) is 1. The summed E-state index contributed by atoms with van der Waals surface area (Å²) in [6.45, 7) is 4.00. The predicted octanol–water partition coefficient (Wildman–Crippen LogP) is 4.68. The van der Waals surface area contributed by atoms with E-state index in [4.69, 9.17) is 23.2 Å². The number of hydrogen-bond acceptors (Lipinski definition) is 3. The summed E-state index contributed by atoms with van der Waals surface area (Å²) in [4.78, 5) is 0. The largest absolute Gasteiger partial charge is 0.382 e. The summed E-state index contributed by atoms with van der Waals surface area (Å²) < 4.78 is 3.56. The Bertz CT molecular complexity index is 567. The molecule has 0 aliphatic carbocycles. The summed E-state index contributed by atoms with van der Waals surface area (Å²) in [5, 5.41) is 14.7. The van der Waals surface area contributed by atoms with Crippen LogP contribution in [0, 0.1) is 0 Å². The van der Waals surface area contributed by atoms with Crippen LogP contribution in [0.3, 0.4) is 0 Å². The van der Waals surface area contributed by atoms with E-state index in [1.54, 1.807) is 16.9 Å². The van der Waals surface area contributed by atoms with Gasteiger partial charge >= 0.3 is 0 Å². The van der Waals surface area contributed by atoms with Gasteiger partial charge in [-0.25, -0.2) is 0 Å². The molecule has 2 aromatic rings. The van der Waals surface area contributed by atoms with Crippen molar-refractivity contribution in [3.63, 3.8) is 0 Å². The standard InChI is InChI=1S/C11H11BrCl2N2OS/c1-5(2)16-9(7(12)4-15-16)10(17)6-3-8(13)18-11(6)14/h3-5,10,17H,1-2H3. The fraction of sp³-hybridized carbons (Fsp3) is 0.364. The summed E-state index contributed by atoms with van der Waals surface area (Å²) in [6.07, 6.45) is 0.820. The quantitative estimate of drug-likeness (QED) is 0.853. The zero-order chi connectivity index (χ0) is 13.4. The molecule has 98 valence electrons. The van der Waals surface area contributed by atoms with E-state index in [-0.39, 0.29) is 6.04 Å². The zero-order valence-electron chi connectivity index (χ0n) is 9.69. The fourth-order valence-corrected chi connectivity index (χ4v) is 3.72. The number of aliphatic hydroxyl groups excluding tert-OH is 1. The first-order valence-electron chi connectivity index (χ1n) is 5.27. The first-order valence-corrected chi connectivity index (χ1v) is 7.64. The minimum absolute atomic E-state index is 0.147. The van der Waals surface area contributed by atoms with Crippen LogP contribution in [0.1, 0.15) is 37.3 Å². The molecule has 7 heteroatoms. The minimum atomic E-state index is -0.847. The summed E-state index contributed by atoms with van der Waals surface area (Å²) in [5.74, 6) is 0. The lowest BCUT2D eigenvalue weighted by Crippen LogP contribution is -2.12. The molecule has 0 fully saturated rings. The van der Waals surface area contributed by atoms with Crippen molar-refractivity contribution in [1.82, 2.24) is 9.78 Å². The Hall–Kier alpha value is -0.0700. The normalized spacial score (nSPS) is 13.3. The maximum Gasteiger partial charge on any atom is 0.124 e. The molecule has 1 atom stereocenters. The van der Waals surface area contributed by atoms with Crippen LogP contribution >= 0.6 is 50.5 Å². The second-order valence-corrected chi connectivity index (χ2v) is 7.24. The van der Waals surface area contributed by atoms with Gasteiger partial charge in [0.15, 0.2) is 0 Å². The van der Waals surface area contributed by atoms with Gasteiger partial charge in [-0.05, 0) is 35.8 Å². The molecule has 3 nitrogen and oxygen atoms in total. The maximum absolute atomic E-state index is 10.5. The van der Waals surface area contributed by atoms with Crippen molar-refractivity contribution in [3.8, 4) is 0 Å². The molecular weight excluding hydrogens is 359 g/mol. The Morgan fingerprint density at radius 1 is 1.44 bits per heavy atom. The Kier molecular flexibility index (Phi) is 4.39. The Balaban J connectivity index is 2.48. The SMILES string of the molecule is CC(C)n1ncc(Br)c1C(O)c1cc(Cl)sc1Cl.